The Morgan fingerprint density at radius 1 is 1.29 bits per heavy atom. The average molecular weight is 211 g/mol. The van der Waals surface area contributed by atoms with Gasteiger partial charge in [-0.1, -0.05) is 37.1 Å². The first-order valence-electron chi connectivity index (χ1n) is 5.33. The predicted octanol–water partition coefficient (Wildman–Crippen LogP) is 4.25. The molecule has 0 aliphatic rings. The molecule has 1 rings (SSSR count). The minimum atomic E-state index is 0.292. The van der Waals surface area contributed by atoms with E-state index in [1.54, 1.807) is 0 Å². The molecule has 1 atom stereocenters. The van der Waals surface area contributed by atoms with Crippen molar-refractivity contribution in [3.63, 3.8) is 0 Å². The number of halogens is 1. The quantitative estimate of drug-likeness (QED) is 0.652. The van der Waals surface area contributed by atoms with Gasteiger partial charge in [-0.25, -0.2) is 0 Å². The van der Waals surface area contributed by atoms with E-state index >= 15 is 0 Å². The third kappa shape index (κ3) is 3.34. The van der Waals surface area contributed by atoms with Crippen LogP contribution in [0.15, 0.2) is 18.2 Å². The highest BCUT2D eigenvalue weighted by molar-refractivity contribution is 6.20. The first kappa shape index (κ1) is 11.6. The lowest BCUT2D eigenvalue weighted by Gasteiger charge is -2.11. The van der Waals surface area contributed by atoms with Gasteiger partial charge in [-0.2, -0.15) is 0 Å². The van der Waals surface area contributed by atoms with E-state index in [1.807, 2.05) is 0 Å². The van der Waals surface area contributed by atoms with E-state index in [-0.39, 0.29) is 0 Å². The van der Waals surface area contributed by atoms with Crippen LogP contribution in [-0.4, -0.2) is 5.38 Å². The first-order valence-corrected chi connectivity index (χ1v) is 5.77. The maximum Gasteiger partial charge on any atom is 0.0376 e. The van der Waals surface area contributed by atoms with Crippen LogP contribution in [0.2, 0.25) is 0 Å². The molecule has 78 valence electrons. The van der Waals surface area contributed by atoms with Crippen LogP contribution in [0.25, 0.3) is 0 Å². The van der Waals surface area contributed by atoms with Crippen molar-refractivity contribution in [2.45, 2.75) is 45.4 Å². The molecule has 0 aliphatic carbocycles. The summed E-state index contributed by atoms with van der Waals surface area (Å²) >= 11 is 6.24. The van der Waals surface area contributed by atoms with Gasteiger partial charge in [0.2, 0.25) is 0 Å². The monoisotopic (exact) mass is 210 g/mol. The van der Waals surface area contributed by atoms with Crippen LogP contribution in [0.3, 0.4) is 0 Å². The van der Waals surface area contributed by atoms with Crippen LogP contribution >= 0.6 is 11.6 Å². The lowest BCUT2D eigenvalue weighted by atomic mass is 10.00. The summed E-state index contributed by atoms with van der Waals surface area (Å²) in [6.45, 7) is 6.47. The Kier molecular flexibility index (Phi) is 4.47. The number of hydrogen-bond donors (Lipinski definition) is 0. The third-order valence-corrected chi connectivity index (χ3v) is 2.92. The van der Waals surface area contributed by atoms with E-state index in [4.69, 9.17) is 11.6 Å². The van der Waals surface area contributed by atoms with E-state index in [0.717, 1.165) is 12.8 Å². The summed E-state index contributed by atoms with van der Waals surface area (Å²) in [5.41, 5.74) is 4.08. The van der Waals surface area contributed by atoms with Gasteiger partial charge in [0.05, 0.1) is 0 Å². The molecule has 0 bridgehead atoms. The number of aryl methyl sites for hydroxylation is 2. The van der Waals surface area contributed by atoms with Crippen LogP contribution in [-0.2, 0) is 6.42 Å². The first-order chi connectivity index (χ1) is 6.63. The van der Waals surface area contributed by atoms with Crippen molar-refractivity contribution in [1.29, 1.82) is 0 Å². The molecule has 14 heavy (non-hydrogen) atoms. The standard InChI is InChI=1S/C13H19Cl/c1-4-5-13(14)9-12-8-10(2)6-7-11(12)3/h6-8,13H,4-5,9H2,1-3H3. The zero-order chi connectivity index (χ0) is 10.6. The van der Waals surface area contributed by atoms with Gasteiger partial charge in [0.1, 0.15) is 0 Å². The van der Waals surface area contributed by atoms with E-state index < -0.39 is 0 Å². The van der Waals surface area contributed by atoms with Crippen molar-refractivity contribution in [2.24, 2.45) is 0 Å². The molecule has 0 radical (unpaired) electrons. The number of alkyl halides is 1. The lowest BCUT2D eigenvalue weighted by Crippen LogP contribution is -2.04. The van der Waals surface area contributed by atoms with Crippen LogP contribution in [0.5, 0.6) is 0 Å². The highest BCUT2D eigenvalue weighted by Crippen LogP contribution is 2.17. The summed E-state index contributed by atoms with van der Waals surface area (Å²) in [7, 11) is 0. The summed E-state index contributed by atoms with van der Waals surface area (Å²) in [6.07, 6.45) is 3.27. The molecule has 1 heteroatoms. The van der Waals surface area contributed by atoms with Gasteiger partial charge in [-0.15, -0.1) is 11.6 Å². The number of hydrogen-bond acceptors (Lipinski definition) is 0. The molecule has 0 saturated heterocycles. The summed E-state index contributed by atoms with van der Waals surface area (Å²) in [5.74, 6) is 0. The van der Waals surface area contributed by atoms with Crippen LogP contribution in [0.4, 0.5) is 0 Å². The number of benzene rings is 1. The maximum atomic E-state index is 6.24. The molecule has 0 heterocycles. The minimum Gasteiger partial charge on any atom is -0.123 e. The summed E-state index contributed by atoms with van der Waals surface area (Å²) in [6, 6.07) is 6.59. The fourth-order valence-electron chi connectivity index (χ4n) is 1.67. The fraction of sp³-hybridized carbons (Fsp3) is 0.538. The van der Waals surface area contributed by atoms with Gasteiger partial charge >= 0.3 is 0 Å². The molecule has 0 fully saturated rings. The van der Waals surface area contributed by atoms with Crippen molar-refractivity contribution < 1.29 is 0 Å². The van der Waals surface area contributed by atoms with Gasteiger partial charge in [-0.05, 0) is 37.8 Å². The zero-order valence-corrected chi connectivity index (χ0v) is 10.1. The minimum absolute atomic E-state index is 0.292. The van der Waals surface area contributed by atoms with E-state index in [2.05, 4.69) is 39.0 Å². The molecule has 0 aliphatic heterocycles. The van der Waals surface area contributed by atoms with Crippen molar-refractivity contribution in [1.82, 2.24) is 0 Å². The molecule has 0 amide bonds. The van der Waals surface area contributed by atoms with E-state index in [1.165, 1.54) is 23.1 Å². The second-order valence-corrected chi connectivity index (χ2v) is 4.64. The predicted molar refractivity (Wildman–Crippen MR) is 64.2 cm³/mol. The molecular weight excluding hydrogens is 192 g/mol. The largest absolute Gasteiger partial charge is 0.123 e. The zero-order valence-electron chi connectivity index (χ0n) is 9.31. The molecular formula is C13H19Cl. The lowest BCUT2D eigenvalue weighted by molar-refractivity contribution is 0.724. The molecule has 0 nitrogen and oxygen atoms in total. The highest BCUT2D eigenvalue weighted by Gasteiger charge is 2.06. The smallest absolute Gasteiger partial charge is 0.0376 e. The second kappa shape index (κ2) is 5.41. The van der Waals surface area contributed by atoms with Gasteiger partial charge in [0.15, 0.2) is 0 Å². The number of rotatable bonds is 4. The van der Waals surface area contributed by atoms with Crippen LogP contribution in [0, 0.1) is 13.8 Å². The third-order valence-electron chi connectivity index (χ3n) is 2.55. The van der Waals surface area contributed by atoms with Gasteiger partial charge in [-0.3, -0.25) is 0 Å². The Bertz CT molecular complexity index is 291. The normalized spacial score (nSPS) is 12.9. The summed E-state index contributed by atoms with van der Waals surface area (Å²) < 4.78 is 0. The second-order valence-electron chi connectivity index (χ2n) is 4.02. The molecule has 0 N–H and O–H groups in total. The molecule has 1 aromatic rings. The van der Waals surface area contributed by atoms with Crippen molar-refractivity contribution >= 4 is 11.6 Å². The topological polar surface area (TPSA) is 0 Å². The molecule has 0 saturated carbocycles. The molecule has 0 spiro atoms. The molecule has 0 aromatic heterocycles. The Balaban J connectivity index is 2.70. The van der Waals surface area contributed by atoms with Crippen molar-refractivity contribution in [2.75, 3.05) is 0 Å². The van der Waals surface area contributed by atoms with Crippen LogP contribution in [0.1, 0.15) is 36.5 Å². The van der Waals surface area contributed by atoms with Gasteiger partial charge in [0, 0.05) is 5.38 Å². The summed E-state index contributed by atoms with van der Waals surface area (Å²) in [4.78, 5) is 0. The maximum absolute atomic E-state index is 6.24. The van der Waals surface area contributed by atoms with Crippen molar-refractivity contribution in [3.05, 3.63) is 34.9 Å². The van der Waals surface area contributed by atoms with Crippen molar-refractivity contribution in [3.8, 4) is 0 Å². The fourth-order valence-corrected chi connectivity index (χ4v) is 2.06. The van der Waals surface area contributed by atoms with Crippen LogP contribution < -0.4 is 0 Å². The molecule has 1 unspecified atom stereocenters. The Hall–Kier alpha value is -0.490. The van der Waals surface area contributed by atoms with E-state index in [0.29, 0.717) is 5.38 Å². The van der Waals surface area contributed by atoms with Gasteiger partial charge < -0.3 is 0 Å². The Morgan fingerprint density at radius 3 is 2.64 bits per heavy atom. The Morgan fingerprint density at radius 2 is 2.00 bits per heavy atom. The average Bonchev–Trinajstić information content (AvgIpc) is 2.12. The van der Waals surface area contributed by atoms with E-state index in [9.17, 15) is 0 Å². The SMILES string of the molecule is CCCC(Cl)Cc1cc(C)ccc1C. The van der Waals surface area contributed by atoms with Gasteiger partial charge in [0.25, 0.3) is 0 Å². The highest BCUT2D eigenvalue weighted by atomic mass is 35.5. The Labute approximate surface area is 92.3 Å². The molecule has 1 aromatic carbocycles. The summed E-state index contributed by atoms with van der Waals surface area (Å²) in [5, 5.41) is 0.292.